The van der Waals surface area contributed by atoms with E-state index in [1.165, 1.54) is 43.4 Å². The first kappa shape index (κ1) is 49.6. The fraction of sp³-hybridized carbons (Fsp3) is 0.517. The van der Waals surface area contributed by atoms with Crippen molar-refractivity contribution in [1.29, 1.82) is 0 Å². The number of likely N-dealkylation sites (tertiary alicyclic amines) is 1. The number of aromatic nitrogens is 5. The minimum absolute atomic E-state index is 0.0199. The maximum atomic E-state index is 17.3. The first-order valence-corrected chi connectivity index (χ1v) is 27.2. The summed E-state index contributed by atoms with van der Waals surface area (Å²) in [5, 5.41) is 15.0. The normalized spacial score (nSPS) is 22.1. The second kappa shape index (κ2) is 19.4. The predicted octanol–water partition coefficient (Wildman–Crippen LogP) is 8.26. The van der Waals surface area contributed by atoms with Crippen molar-refractivity contribution in [3.63, 3.8) is 0 Å². The Morgan fingerprint density at radius 1 is 1.03 bits per heavy atom. The van der Waals surface area contributed by atoms with Gasteiger partial charge in [-0.2, -0.15) is 9.97 Å². The molecule has 7 heterocycles. The summed E-state index contributed by atoms with van der Waals surface area (Å²) in [6, 6.07) is 11.8. The molecule has 6 aromatic rings. The summed E-state index contributed by atoms with van der Waals surface area (Å²) >= 11 is 0. The molecule has 12 rings (SSSR count). The summed E-state index contributed by atoms with van der Waals surface area (Å²) in [7, 11) is 3.31. The summed E-state index contributed by atoms with van der Waals surface area (Å²) in [6.45, 7) is 9.16. The average Bonchev–Trinajstić information content (AvgIpc) is 4.13. The highest BCUT2D eigenvalue weighted by molar-refractivity contribution is 6.02. The molecule has 2 unspecified atom stereocenters. The minimum atomic E-state index is -0.774. The number of pyridine rings is 1. The van der Waals surface area contributed by atoms with Gasteiger partial charge in [0.25, 0.3) is 0 Å². The molecule has 2 aliphatic carbocycles. The number of imidazole rings is 1. The van der Waals surface area contributed by atoms with Crippen molar-refractivity contribution in [3.05, 3.63) is 88.0 Å². The van der Waals surface area contributed by atoms with Crippen LogP contribution in [0.25, 0.3) is 49.5 Å². The Bertz CT molecular complexity index is 3330. The molecule has 75 heavy (non-hydrogen) atoms. The SMILES string of the molecule is CCc1c(F)ccc2cc(O)cc(-c3ncc4c(N5CCCC6(CCO6)C5)nc(OCC5(CN6CCC7(CC6)CC(N6CC=C(c8cccc9c8n(C)c(=O)n9C(CCC=O)C(=O)NC)CC6)C7)CC5)nc4c3F)c12. The number of para-hydroxylation sites is 1. The molecule has 1 amide bonds. The van der Waals surface area contributed by atoms with Crippen molar-refractivity contribution < 1.29 is 33.0 Å². The molecule has 2 atom stereocenters. The Labute approximate surface area is 434 Å². The number of aldehydes is 1. The largest absolute Gasteiger partial charge is 0.508 e. The smallest absolute Gasteiger partial charge is 0.329 e. The third-order valence-electron chi connectivity index (χ3n) is 18.1. The number of nitrogens with zero attached hydrogens (tertiary/aromatic N) is 8. The van der Waals surface area contributed by atoms with Crippen molar-refractivity contribution >= 4 is 56.3 Å². The lowest BCUT2D eigenvalue weighted by Gasteiger charge is -2.56. The van der Waals surface area contributed by atoms with Crippen LogP contribution >= 0.6 is 0 Å². The molecule has 394 valence electrons. The Hall–Kier alpha value is -6.30. The minimum Gasteiger partial charge on any atom is -0.508 e. The van der Waals surface area contributed by atoms with Crippen LogP contribution < -0.4 is 20.6 Å². The topological polar surface area (TPSA) is 160 Å². The number of rotatable bonds is 15. The van der Waals surface area contributed by atoms with E-state index in [2.05, 4.69) is 37.1 Å². The molecule has 15 nitrogen and oxygen atoms in total. The molecule has 2 N–H and O–H groups in total. The maximum Gasteiger partial charge on any atom is 0.329 e. The van der Waals surface area contributed by atoms with E-state index < -0.39 is 17.7 Å². The summed E-state index contributed by atoms with van der Waals surface area (Å²) in [5.41, 5.74) is 4.33. The van der Waals surface area contributed by atoms with Crippen LogP contribution in [0.15, 0.2) is 59.5 Å². The quantitative estimate of drug-likeness (QED) is 0.0950. The Morgan fingerprint density at radius 3 is 2.55 bits per heavy atom. The lowest BCUT2D eigenvalue weighted by Crippen LogP contribution is -2.56. The number of nitrogens with one attached hydrogen (secondary N) is 1. The zero-order valence-corrected chi connectivity index (χ0v) is 43.3. The number of fused-ring (bicyclic) bond motifs is 3. The molecule has 2 spiro atoms. The van der Waals surface area contributed by atoms with Gasteiger partial charge in [0.1, 0.15) is 40.9 Å². The third-order valence-corrected chi connectivity index (χ3v) is 18.1. The van der Waals surface area contributed by atoms with E-state index in [1.807, 2.05) is 19.1 Å². The molecular formula is C58H67F2N9O6. The van der Waals surface area contributed by atoms with Gasteiger partial charge in [0.05, 0.1) is 35.2 Å². The molecule has 2 saturated carbocycles. The van der Waals surface area contributed by atoms with Gasteiger partial charge < -0.3 is 34.5 Å². The number of halogens is 2. The second-order valence-corrected chi connectivity index (χ2v) is 22.7. The van der Waals surface area contributed by atoms with Gasteiger partial charge in [-0.15, -0.1) is 0 Å². The molecular weight excluding hydrogens is 957 g/mol. The second-order valence-electron chi connectivity index (χ2n) is 22.7. The zero-order chi connectivity index (χ0) is 51.8. The summed E-state index contributed by atoms with van der Waals surface area (Å²) in [5.74, 6) is -0.866. The Balaban J connectivity index is 0.712. The summed E-state index contributed by atoms with van der Waals surface area (Å²) < 4.78 is 48.4. The number of hydrogen-bond acceptors (Lipinski definition) is 12. The van der Waals surface area contributed by atoms with Gasteiger partial charge in [-0.1, -0.05) is 31.2 Å². The third kappa shape index (κ3) is 8.85. The van der Waals surface area contributed by atoms with E-state index in [4.69, 9.17) is 19.4 Å². The van der Waals surface area contributed by atoms with Crippen LogP contribution in [0.2, 0.25) is 0 Å². The van der Waals surface area contributed by atoms with Gasteiger partial charge in [0, 0.05) is 88.4 Å². The number of phenolic OH excluding ortho intramolecular Hbond substituents is 1. The van der Waals surface area contributed by atoms with E-state index in [1.54, 1.807) is 41.6 Å². The van der Waals surface area contributed by atoms with Crippen molar-refractivity contribution in [2.24, 2.45) is 17.9 Å². The van der Waals surface area contributed by atoms with E-state index in [0.717, 1.165) is 102 Å². The zero-order valence-electron chi connectivity index (χ0n) is 43.3. The van der Waals surface area contributed by atoms with Gasteiger partial charge in [-0.25, -0.2) is 13.6 Å². The van der Waals surface area contributed by atoms with Crippen LogP contribution in [0.5, 0.6) is 11.8 Å². The molecule has 0 radical (unpaired) electrons. The molecule has 3 aromatic heterocycles. The van der Waals surface area contributed by atoms with Crippen LogP contribution in [0.1, 0.15) is 101 Å². The Morgan fingerprint density at radius 2 is 1.84 bits per heavy atom. The fourth-order valence-corrected chi connectivity index (χ4v) is 13.6. The lowest BCUT2D eigenvalue weighted by molar-refractivity contribution is -0.151. The number of likely N-dealkylation sites (N-methyl/N-ethyl adjacent to an activating group) is 1. The fourth-order valence-electron chi connectivity index (χ4n) is 13.6. The molecule has 0 bridgehead atoms. The summed E-state index contributed by atoms with van der Waals surface area (Å²) in [4.78, 5) is 59.7. The molecule has 3 saturated heterocycles. The highest BCUT2D eigenvalue weighted by atomic mass is 19.1. The molecule has 17 heteroatoms. The first-order valence-electron chi connectivity index (χ1n) is 27.2. The van der Waals surface area contributed by atoms with Crippen molar-refractivity contribution in [2.75, 3.05) is 71.0 Å². The van der Waals surface area contributed by atoms with Gasteiger partial charge in [-0.3, -0.25) is 23.8 Å². The van der Waals surface area contributed by atoms with Gasteiger partial charge in [0.15, 0.2) is 5.82 Å². The van der Waals surface area contributed by atoms with Crippen LogP contribution in [-0.4, -0.2) is 129 Å². The van der Waals surface area contributed by atoms with Crippen LogP contribution in [0.3, 0.4) is 0 Å². The van der Waals surface area contributed by atoms with Gasteiger partial charge in [-0.05, 0) is 135 Å². The molecule has 4 aliphatic heterocycles. The number of carbonyl (C=O) groups is 2. The highest BCUT2D eigenvalue weighted by Gasteiger charge is 2.51. The van der Waals surface area contributed by atoms with Crippen LogP contribution in [0, 0.1) is 22.5 Å². The monoisotopic (exact) mass is 1020 g/mol. The number of carbonyl (C=O) groups excluding carboxylic acids is 2. The van der Waals surface area contributed by atoms with Gasteiger partial charge >= 0.3 is 11.7 Å². The lowest BCUT2D eigenvalue weighted by atomic mass is 9.60. The standard InChI is InChI=1S/C58H67F2N9O6/c1-4-40-44(59)12-11-37-28-39(71)29-42(47(37)40)49-48(60)50-43(32-62-49)52(68-21-7-15-58(34-68)20-27-75-58)64-54(63-50)74-35-57(16-17-57)33-66-24-18-56(19-25-66)30-38(31-56)67-22-13-36(14-23-67)41-8-5-9-45-51(41)65(3)55(73)69(45)46(10-6-26-70)53(72)61-2/h5,8-9,11-13,26,28-29,32,38,46,71H,4,6-7,10,14-25,27,30-31,33-35H2,1-3H3,(H,61,72). The van der Waals surface area contributed by atoms with Crippen molar-refractivity contribution in [1.82, 2.24) is 39.2 Å². The number of phenols is 1. The number of aromatic hydroxyl groups is 1. The number of amides is 1. The number of anilines is 1. The number of ether oxygens (including phenoxy) is 2. The number of aryl methyl sites for hydroxylation is 2. The molecule has 5 fully saturated rings. The van der Waals surface area contributed by atoms with E-state index in [9.17, 15) is 19.5 Å². The predicted molar refractivity (Wildman–Crippen MR) is 284 cm³/mol. The van der Waals surface area contributed by atoms with E-state index >= 15 is 8.78 Å². The van der Waals surface area contributed by atoms with E-state index in [0.29, 0.717) is 69.6 Å². The highest BCUT2D eigenvalue weighted by Crippen LogP contribution is 2.53. The Kier molecular flexibility index (Phi) is 12.8. The number of piperidine rings is 2. The summed E-state index contributed by atoms with van der Waals surface area (Å²) in [6.07, 6.45) is 16.0. The number of hydrogen-bond donors (Lipinski definition) is 2. The first-order chi connectivity index (χ1) is 36.3. The van der Waals surface area contributed by atoms with Crippen LogP contribution in [-0.2, 0) is 27.8 Å². The van der Waals surface area contributed by atoms with E-state index in [-0.39, 0.29) is 58.4 Å². The average molecular weight is 1020 g/mol. The molecule has 3 aromatic carbocycles. The van der Waals surface area contributed by atoms with Crippen LogP contribution in [0.4, 0.5) is 14.6 Å². The van der Waals surface area contributed by atoms with Gasteiger partial charge in [0.2, 0.25) is 5.91 Å². The maximum absolute atomic E-state index is 17.3. The molecule has 6 aliphatic rings. The van der Waals surface area contributed by atoms with Crippen molar-refractivity contribution in [2.45, 2.75) is 108 Å². The van der Waals surface area contributed by atoms with Crippen molar-refractivity contribution in [3.8, 4) is 23.0 Å². The number of benzene rings is 3.